The number of hydrogen-bond acceptors (Lipinski definition) is 3. The lowest BCUT2D eigenvalue weighted by molar-refractivity contribution is 0.0790. The highest BCUT2D eigenvalue weighted by Gasteiger charge is 2.15. The summed E-state index contributed by atoms with van der Waals surface area (Å²) in [6.45, 7) is 3.71. The first kappa shape index (κ1) is 13.5. The van der Waals surface area contributed by atoms with Crippen molar-refractivity contribution in [1.82, 2.24) is 4.90 Å². The van der Waals surface area contributed by atoms with Crippen LogP contribution in [0.3, 0.4) is 0 Å². The Labute approximate surface area is 102 Å². The van der Waals surface area contributed by atoms with E-state index in [1.807, 2.05) is 25.1 Å². The maximum Gasteiger partial charge on any atom is 0.257 e. The van der Waals surface area contributed by atoms with Crippen LogP contribution in [-0.4, -0.2) is 37.6 Å². The molecule has 17 heavy (non-hydrogen) atoms. The van der Waals surface area contributed by atoms with Gasteiger partial charge in [-0.05, 0) is 32.0 Å². The van der Waals surface area contributed by atoms with Gasteiger partial charge in [-0.3, -0.25) is 4.79 Å². The van der Waals surface area contributed by atoms with E-state index in [0.717, 1.165) is 6.42 Å². The molecular formula is C13H20N2O2. The Morgan fingerprint density at radius 3 is 2.76 bits per heavy atom. The van der Waals surface area contributed by atoms with Gasteiger partial charge >= 0.3 is 0 Å². The highest BCUT2D eigenvalue weighted by atomic mass is 16.5. The summed E-state index contributed by atoms with van der Waals surface area (Å²) in [5.41, 5.74) is 6.04. The van der Waals surface area contributed by atoms with Crippen molar-refractivity contribution < 1.29 is 9.53 Å². The third-order valence-electron chi connectivity index (χ3n) is 2.46. The minimum absolute atomic E-state index is 0.0255. The molecular weight excluding hydrogens is 216 g/mol. The molecule has 4 nitrogen and oxygen atoms in total. The Kier molecular flexibility index (Phi) is 5.49. The lowest BCUT2D eigenvalue weighted by atomic mass is 10.1. The largest absolute Gasteiger partial charge is 0.493 e. The first-order valence-corrected chi connectivity index (χ1v) is 5.88. The van der Waals surface area contributed by atoms with Crippen molar-refractivity contribution in [3.8, 4) is 5.75 Å². The van der Waals surface area contributed by atoms with Crippen LogP contribution in [0.15, 0.2) is 24.3 Å². The van der Waals surface area contributed by atoms with Gasteiger partial charge in [0.05, 0.1) is 12.2 Å². The molecule has 0 heterocycles. The van der Waals surface area contributed by atoms with E-state index in [0.29, 0.717) is 31.0 Å². The normalized spacial score (nSPS) is 10.1. The molecule has 0 aliphatic rings. The summed E-state index contributed by atoms with van der Waals surface area (Å²) in [4.78, 5) is 13.8. The van der Waals surface area contributed by atoms with Gasteiger partial charge in [-0.2, -0.15) is 0 Å². The van der Waals surface area contributed by atoms with E-state index in [1.54, 1.807) is 18.0 Å². The number of para-hydroxylation sites is 1. The molecule has 0 radical (unpaired) electrons. The molecule has 0 spiro atoms. The number of rotatable bonds is 6. The van der Waals surface area contributed by atoms with Crippen LogP contribution in [0.4, 0.5) is 0 Å². The number of amides is 1. The molecule has 94 valence electrons. The molecule has 0 aliphatic heterocycles. The van der Waals surface area contributed by atoms with Crippen LogP contribution < -0.4 is 10.5 Å². The van der Waals surface area contributed by atoms with E-state index < -0.39 is 0 Å². The standard InChI is InChI=1S/C13H20N2O2/c1-3-17-12-8-5-4-7-11(12)13(16)15(2)10-6-9-14/h4-5,7-8H,3,6,9-10,14H2,1-2H3. The Bertz CT molecular complexity index is 366. The van der Waals surface area contributed by atoms with Crippen molar-refractivity contribution in [2.75, 3.05) is 26.7 Å². The maximum atomic E-state index is 12.2. The molecule has 1 aromatic rings. The predicted molar refractivity (Wildman–Crippen MR) is 68.2 cm³/mol. The van der Waals surface area contributed by atoms with Crippen molar-refractivity contribution in [3.05, 3.63) is 29.8 Å². The molecule has 2 N–H and O–H groups in total. The fourth-order valence-corrected chi connectivity index (χ4v) is 1.56. The lowest BCUT2D eigenvalue weighted by Crippen LogP contribution is -2.29. The Morgan fingerprint density at radius 1 is 1.41 bits per heavy atom. The van der Waals surface area contributed by atoms with Gasteiger partial charge < -0.3 is 15.4 Å². The molecule has 0 atom stereocenters. The zero-order chi connectivity index (χ0) is 12.7. The Balaban J connectivity index is 2.80. The van der Waals surface area contributed by atoms with Crippen LogP contribution in [0, 0.1) is 0 Å². The highest BCUT2D eigenvalue weighted by molar-refractivity contribution is 5.96. The molecule has 0 aromatic heterocycles. The monoisotopic (exact) mass is 236 g/mol. The van der Waals surface area contributed by atoms with Crippen molar-refractivity contribution >= 4 is 5.91 Å². The molecule has 0 bridgehead atoms. The zero-order valence-corrected chi connectivity index (χ0v) is 10.5. The maximum absolute atomic E-state index is 12.2. The van der Waals surface area contributed by atoms with E-state index >= 15 is 0 Å². The fraction of sp³-hybridized carbons (Fsp3) is 0.462. The average Bonchev–Trinajstić information content (AvgIpc) is 2.36. The number of nitrogens with two attached hydrogens (primary N) is 1. The van der Waals surface area contributed by atoms with E-state index in [4.69, 9.17) is 10.5 Å². The van der Waals surface area contributed by atoms with E-state index in [1.165, 1.54) is 0 Å². The van der Waals surface area contributed by atoms with Gasteiger partial charge in [0.1, 0.15) is 5.75 Å². The number of carbonyl (C=O) groups is 1. The van der Waals surface area contributed by atoms with Crippen LogP contribution in [0.1, 0.15) is 23.7 Å². The third-order valence-corrected chi connectivity index (χ3v) is 2.46. The first-order valence-electron chi connectivity index (χ1n) is 5.88. The van der Waals surface area contributed by atoms with Gasteiger partial charge in [0.2, 0.25) is 0 Å². The molecule has 0 aliphatic carbocycles. The Hall–Kier alpha value is -1.55. The van der Waals surface area contributed by atoms with Gasteiger partial charge in [0.25, 0.3) is 5.91 Å². The van der Waals surface area contributed by atoms with Crippen LogP contribution in [0.25, 0.3) is 0 Å². The average molecular weight is 236 g/mol. The minimum atomic E-state index is -0.0255. The Morgan fingerprint density at radius 2 is 2.12 bits per heavy atom. The highest BCUT2D eigenvalue weighted by Crippen LogP contribution is 2.19. The SMILES string of the molecule is CCOc1ccccc1C(=O)N(C)CCCN. The zero-order valence-electron chi connectivity index (χ0n) is 10.5. The van der Waals surface area contributed by atoms with Gasteiger partial charge in [0.15, 0.2) is 0 Å². The molecule has 0 unspecified atom stereocenters. The number of carbonyl (C=O) groups excluding carboxylic acids is 1. The third kappa shape index (κ3) is 3.75. The molecule has 1 rings (SSSR count). The summed E-state index contributed by atoms with van der Waals surface area (Å²) >= 11 is 0. The van der Waals surface area contributed by atoms with E-state index in [-0.39, 0.29) is 5.91 Å². The van der Waals surface area contributed by atoms with Crippen LogP contribution in [0.5, 0.6) is 5.75 Å². The lowest BCUT2D eigenvalue weighted by Gasteiger charge is -2.18. The summed E-state index contributed by atoms with van der Waals surface area (Å²) in [5.74, 6) is 0.613. The fourth-order valence-electron chi connectivity index (χ4n) is 1.56. The van der Waals surface area contributed by atoms with Gasteiger partial charge in [-0.15, -0.1) is 0 Å². The van der Waals surface area contributed by atoms with Gasteiger partial charge in [-0.1, -0.05) is 12.1 Å². The quantitative estimate of drug-likeness (QED) is 0.814. The molecule has 0 saturated carbocycles. The molecule has 1 amide bonds. The van der Waals surface area contributed by atoms with Crippen molar-refractivity contribution in [3.63, 3.8) is 0 Å². The van der Waals surface area contributed by atoms with Crippen molar-refractivity contribution in [1.29, 1.82) is 0 Å². The molecule has 0 saturated heterocycles. The number of nitrogens with zero attached hydrogens (tertiary/aromatic N) is 1. The predicted octanol–water partition coefficient (Wildman–Crippen LogP) is 1.51. The van der Waals surface area contributed by atoms with Crippen LogP contribution >= 0.6 is 0 Å². The second kappa shape index (κ2) is 6.91. The second-order valence-corrected chi connectivity index (χ2v) is 3.80. The van der Waals surface area contributed by atoms with Crippen LogP contribution in [-0.2, 0) is 0 Å². The number of benzene rings is 1. The van der Waals surface area contributed by atoms with E-state index in [9.17, 15) is 4.79 Å². The molecule has 0 fully saturated rings. The van der Waals surface area contributed by atoms with Crippen molar-refractivity contribution in [2.45, 2.75) is 13.3 Å². The molecule has 1 aromatic carbocycles. The summed E-state index contributed by atoms with van der Waals surface area (Å²) in [5, 5.41) is 0. The van der Waals surface area contributed by atoms with Gasteiger partial charge in [-0.25, -0.2) is 0 Å². The van der Waals surface area contributed by atoms with Gasteiger partial charge in [0, 0.05) is 13.6 Å². The first-order chi connectivity index (χ1) is 8.20. The topological polar surface area (TPSA) is 55.6 Å². The smallest absolute Gasteiger partial charge is 0.257 e. The second-order valence-electron chi connectivity index (χ2n) is 3.80. The van der Waals surface area contributed by atoms with Crippen LogP contribution in [0.2, 0.25) is 0 Å². The molecule has 4 heteroatoms. The summed E-state index contributed by atoms with van der Waals surface area (Å²) < 4.78 is 5.44. The minimum Gasteiger partial charge on any atom is -0.493 e. The van der Waals surface area contributed by atoms with Crippen molar-refractivity contribution in [2.24, 2.45) is 5.73 Å². The van der Waals surface area contributed by atoms with E-state index in [2.05, 4.69) is 0 Å². The number of hydrogen-bond donors (Lipinski definition) is 1. The summed E-state index contributed by atoms with van der Waals surface area (Å²) in [7, 11) is 1.78. The summed E-state index contributed by atoms with van der Waals surface area (Å²) in [6, 6.07) is 7.30. The summed E-state index contributed by atoms with van der Waals surface area (Å²) in [6.07, 6.45) is 0.805. The number of ether oxygens (including phenoxy) is 1.